The number of benzene rings is 5. The van der Waals surface area contributed by atoms with Gasteiger partial charge in [0.1, 0.15) is 0 Å². The molecule has 28 heavy (non-hydrogen) atoms. The number of aromatic nitrogens is 1. The maximum atomic E-state index is 4.69. The summed E-state index contributed by atoms with van der Waals surface area (Å²) in [6, 6.07) is 34.7. The number of pyridine rings is 1. The second kappa shape index (κ2) is 5.90. The first-order valence-corrected chi connectivity index (χ1v) is 9.57. The van der Waals surface area contributed by atoms with E-state index in [1.807, 2.05) is 12.3 Å². The van der Waals surface area contributed by atoms with Crippen molar-refractivity contribution in [2.24, 2.45) is 0 Å². The maximum absolute atomic E-state index is 4.69. The van der Waals surface area contributed by atoms with Crippen LogP contribution in [0, 0.1) is 0 Å². The molecular weight excluding hydrogens is 338 g/mol. The predicted molar refractivity (Wildman–Crippen MR) is 120 cm³/mol. The molecule has 5 aromatic carbocycles. The zero-order valence-electron chi connectivity index (χ0n) is 15.3. The van der Waals surface area contributed by atoms with Crippen LogP contribution in [0.25, 0.3) is 54.3 Å². The molecule has 0 aliphatic carbocycles. The van der Waals surface area contributed by atoms with E-state index >= 15 is 0 Å². The molecule has 0 spiro atoms. The first-order chi connectivity index (χ1) is 13.9. The Morgan fingerprint density at radius 3 is 2.11 bits per heavy atom. The van der Waals surface area contributed by atoms with Gasteiger partial charge in [0, 0.05) is 17.1 Å². The molecule has 0 unspecified atom stereocenters. The Hall–Kier alpha value is -3.71. The predicted octanol–water partition coefficient (Wildman–Crippen LogP) is 7.36. The zero-order chi connectivity index (χ0) is 18.5. The average molecular weight is 355 g/mol. The lowest BCUT2D eigenvalue weighted by Gasteiger charge is -2.14. The van der Waals surface area contributed by atoms with Crippen LogP contribution in [-0.4, -0.2) is 4.98 Å². The first kappa shape index (κ1) is 15.4. The molecule has 0 bridgehead atoms. The van der Waals surface area contributed by atoms with E-state index in [1.165, 1.54) is 48.8 Å². The number of nitrogens with zero attached hydrogens (tertiary/aromatic N) is 1. The van der Waals surface area contributed by atoms with Gasteiger partial charge >= 0.3 is 0 Å². The Morgan fingerprint density at radius 1 is 0.464 bits per heavy atom. The summed E-state index contributed by atoms with van der Waals surface area (Å²) in [5, 5.41) is 8.90. The van der Waals surface area contributed by atoms with Crippen LogP contribution in [0.1, 0.15) is 0 Å². The SMILES string of the molecule is c1cnc2c(-c3cc4ccc5ccccc5c4c4ccccc34)cccc2c1. The van der Waals surface area contributed by atoms with Crippen molar-refractivity contribution in [3.05, 3.63) is 103 Å². The fraction of sp³-hybridized carbons (Fsp3) is 0. The fourth-order valence-corrected chi connectivity index (χ4v) is 4.42. The highest BCUT2D eigenvalue weighted by molar-refractivity contribution is 6.24. The van der Waals surface area contributed by atoms with Gasteiger partial charge in [-0.15, -0.1) is 0 Å². The summed E-state index contributed by atoms with van der Waals surface area (Å²) >= 11 is 0. The van der Waals surface area contributed by atoms with Gasteiger partial charge < -0.3 is 0 Å². The van der Waals surface area contributed by atoms with Gasteiger partial charge in [0.2, 0.25) is 0 Å². The van der Waals surface area contributed by atoms with Crippen molar-refractivity contribution < 1.29 is 0 Å². The van der Waals surface area contributed by atoms with Gasteiger partial charge in [-0.2, -0.15) is 0 Å². The van der Waals surface area contributed by atoms with Gasteiger partial charge in [0.15, 0.2) is 0 Å². The van der Waals surface area contributed by atoms with E-state index in [4.69, 9.17) is 4.98 Å². The summed E-state index contributed by atoms with van der Waals surface area (Å²) in [6.07, 6.45) is 1.88. The van der Waals surface area contributed by atoms with Crippen molar-refractivity contribution in [3.8, 4) is 11.1 Å². The van der Waals surface area contributed by atoms with Crippen LogP contribution >= 0.6 is 0 Å². The van der Waals surface area contributed by atoms with Crippen molar-refractivity contribution in [1.29, 1.82) is 0 Å². The maximum Gasteiger partial charge on any atom is 0.0780 e. The van der Waals surface area contributed by atoms with Crippen LogP contribution in [-0.2, 0) is 0 Å². The molecule has 0 aliphatic rings. The smallest absolute Gasteiger partial charge is 0.0780 e. The van der Waals surface area contributed by atoms with E-state index in [9.17, 15) is 0 Å². The van der Waals surface area contributed by atoms with Gasteiger partial charge in [-0.25, -0.2) is 0 Å². The molecule has 1 aromatic heterocycles. The third kappa shape index (κ3) is 2.17. The quantitative estimate of drug-likeness (QED) is 0.281. The minimum Gasteiger partial charge on any atom is -0.256 e. The Balaban J connectivity index is 1.83. The summed E-state index contributed by atoms with van der Waals surface area (Å²) in [5.74, 6) is 0. The highest BCUT2D eigenvalue weighted by atomic mass is 14.6. The lowest BCUT2D eigenvalue weighted by Crippen LogP contribution is -1.88. The van der Waals surface area contributed by atoms with Gasteiger partial charge in [0.25, 0.3) is 0 Å². The van der Waals surface area contributed by atoms with Crippen LogP contribution in [0.3, 0.4) is 0 Å². The molecular formula is C27H17N. The van der Waals surface area contributed by atoms with Gasteiger partial charge in [-0.3, -0.25) is 4.98 Å². The highest BCUT2D eigenvalue weighted by Crippen LogP contribution is 2.39. The van der Waals surface area contributed by atoms with E-state index in [2.05, 4.69) is 91.0 Å². The molecule has 0 atom stereocenters. The summed E-state index contributed by atoms with van der Waals surface area (Å²) in [4.78, 5) is 4.69. The molecule has 0 fully saturated rings. The summed E-state index contributed by atoms with van der Waals surface area (Å²) in [5.41, 5.74) is 3.47. The number of rotatable bonds is 1. The van der Waals surface area contributed by atoms with Gasteiger partial charge in [-0.05, 0) is 50.0 Å². The molecule has 0 aliphatic heterocycles. The summed E-state index contributed by atoms with van der Waals surface area (Å²) in [6.45, 7) is 0. The number of hydrogen-bond acceptors (Lipinski definition) is 1. The van der Waals surface area contributed by atoms with Crippen LogP contribution < -0.4 is 0 Å². The molecule has 130 valence electrons. The van der Waals surface area contributed by atoms with Crippen LogP contribution in [0.5, 0.6) is 0 Å². The number of hydrogen-bond donors (Lipinski definition) is 0. The van der Waals surface area contributed by atoms with Gasteiger partial charge in [-0.1, -0.05) is 84.9 Å². The van der Waals surface area contributed by atoms with E-state index < -0.39 is 0 Å². The molecule has 0 saturated carbocycles. The molecule has 0 radical (unpaired) electrons. The number of fused-ring (bicyclic) bond motifs is 6. The molecule has 1 nitrogen and oxygen atoms in total. The van der Waals surface area contributed by atoms with Crippen molar-refractivity contribution in [3.63, 3.8) is 0 Å². The van der Waals surface area contributed by atoms with Crippen LogP contribution in [0.2, 0.25) is 0 Å². The van der Waals surface area contributed by atoms with E-state index in [0.29, 0.717) is 0 Å². The molecule has 1 heteroatoms. The van der Waals surface area contributed by atoms with Gasteiger partial charge in [0.05, 0.1) is 5.52 Å². The molecule has 6 aromatic rings. The van der Waals surface area contributed by atoms with Crippen molar-refractivity contribution in [1.82, 2.24) is 4.98 Å². The molecule has 6 rings (SSSR count). The molecule has 0 N–H and O–H groups in total. The summed E-state index contributed by atoms with van der Waals surface area (Å²) < 4.78 is 0. The third-order valence-electron chi connectivity index (χ3n) is 5.67. The Kier molecular flexibility index (Phi) is 3.24. The standard InChI is InChI=1S/C27H17N/c1-2-10-21-18(7-1)14-15-20-17-25(22-11-3-4-12-23(22)26(20)21)24-13-5-8-19-9-6-16-28-27(19)24/h1-17H. The second-order valence-electron chi connectivity index (χ2n) is 7.24. The van der Waals surface area contributed by atoms with Crippen molar-refractivity contribution in [2.75, 3.05) is 0 Å². The molecule has 0 saturated heterocycles. The van der Waals surface area contributed by atoms with E-state index in [-0.39, 0.29) is 0 Å². The first-order valence-electron chi connectivity index (χ1n) is 9.57. The van der Waals surface area contributed by atoms with Crippen LogP contribution in [0.4, 0.5) is 0 Å². The lowest BCUT2D eigenvalue weighted by atomic mass is 9.90. The largest absolute Gasteiger partial charge is 0.256 e. The topological polar surface area (TPSA) is 12.9 Å². The summed E-state index contributed by atoms with van der Waals surface area (Å²) in [7, 11) is 0. The highest BCUT2D eigenvalue weighted by Gasteiger charge is 2.13. The zero-order valence-corrected chi connectivity index (χ0v) is 15.3. The van der Waals surface area contributed by atoms with E-state index in [1.54, 1.807) is 0 Å². The fourth-order valence-electron chi connectivity index (χ4n) is 4.42. The Bertz CT molecular complexity index is 1510. The molecule has 0 amide bonds. The minimum atomic E-state index is 1.05. The second-order valence-corrected chi connectivity index (χ2v) is 7.24. The monoisotopic (exact) mass is 355 g/mol. The third-order valence-corrected chi connectivity index (χ3v) is 5.67. The number of para-hydroxylation sites is 1. The average Bonchev–Trinajstić information content (AvgIpc) is 2.78. The molecule has 1 heterocycles. The van der Waals surface area contributed by atoms with Crippen LogP contribution in [0.15, 0.2) is 103 Å². The Morgan fingerprint density at radius 2 is 1.18 bits per heavy atom. The van der Waals surface area contributed by atoms with Crippen molar-refractivity contribution in [2.45, 2.75) is 0 Å². The normalized spacial score (nSPS) is 11.6. The Labute approximate surface area is 162 Å². The van der Waals surface area contributed by atoms with Crippen molar-refractivity contribution >= 4 is 43.2 Å². The lowest BCUT2D eigenvalue weighted by molar-refractivity contribution is 1.41. The van der Waals surface area contributed by atoms with E-state index in [0.717, 1.165) is 5.52 Å². The minimum absolute atomic E-state index is 1.05.